The van der Waals surface area contributed by atoms with Crippen molar-refractivity contribution in [2.45, 2.75) is 43.9 Å². The molecule has 0 radical (unpaired) electrons. The fraction of sp³-hybridized carbons (Fsp3) is 0.478. The number of aryl methyl sites for hydroxylation is 1. The van der Waals surface area contributed by atoms with Crippen molar-refractivity contribution < 1.29 is 8.42 Å². The quantitative estimate of drug-likeness (QED) is 0.767. The molecule has 150 valence electrons. The summed E-state index contributed by atoms with van der Waals surface area (Å²) < 4.78 is 27.8. The van der Waals surface area contributed by atoms with Gasteiger partial charge in [0.15, 0.2) is 0 Å². The SMILES string of the molecule is Cc1cccc(CS(=O)(=O)N2CCC(c3ccccc3)(N3CCCC3)CC2)c1. The lowest BCUT2D eigenvalue weighted by Crippen LogP contribution is -2.53. The minimum atomic E-state index is -3.29. The Morgan fingerprint density at radius 1 is 0.893 bits per heavy atom. The normalized spacial score (nSPS) is 21.0. The summed E-state index contributed by atoms with van der Waals surface area (Å²) in [6, 6.07) is 18.5. The molecule has 0 bridgehead atoms. The van der Waals surface area contributed by atoms with Gasteiger partial charge in [0.2, 0.25) is 10.0 Å². The second kappa shape index (κ2) is 7.97. The monoisotopic (exact) mass is 398 g/mol. The van der Waals surface area contributed by atoms with E-state index in [4.69, 9.17) is 0 Å². The third-order valence-electron chi connectivity index (χ3n) is 6.40. The summed E-state index contributed by atoms with van der Waals surface area (Å²) in [5.41, 5.74) is 3.29. The first kappa shape index (κ1) is 19.6. The van der Waals surface area contributed by atoms with Gasteiger partial charge in [-0.05, 0) is 56.8 Å². The molecule has 2 aliphatic rings. The number of nitrogens with zero attached hydrogens (tertiary/aromatic N) is 2. The number of benzene rings is 2. The van der Waals surface area contributed by atoms with Gasteiger partial charge in [0, 0.05) is 18.6 Å². The largest absolute Gasteiger partial charge is 0.293 e. The molecule has 4 rings (SSSR count). The zero-order valence-electron chi connectivity index (χ0n) is 16.7. The van der Waals surface area contributed by atoms with E-state index in [9.17, 15) is 8.42 Å². The number of sulfonamides is 1. The molecular formula is C23H30N2O2S. The fourth-order valence-corrected chi connectivity index (χ4v) is 6.44. The van der Waals surface area contributed by atoms with Crippen LogP contribution in [0.5, 0.6) is 0 Å². The molecule has 0 atom stereocenters. The lowest BCUT2D eigenvalue weighted by atomic mass is 9.80. The Hall–Kier alpha value is -1.69. The van der Waals surface area contributed by atoms with Gasteiger partial charge in [-0.25, -0.2) is 12.7 Å². The highest BCUT2D eigenvalue weighted by atomic mass is 32.2. The van der Waals surface area contributed by atoms with Crippen LogP contribution >= 0.6 is 0 Å². The Morgan fingerprint density at radius 3 is 2.21 bits per heavy atom. The molecule has 0 aliphatic carbocycles. The maximum atomic E-state index is 13.0. The molecule has 2 fully saturated rings. The van der Waals surface area contributed by atoms with E-state index < -0.39 is 10.0 Å². The van der Waals surface area contributed by atoms with Gasteiger partial charge >= 0.3 is 0 Å². The number of piperidine rings is 1. The molecule has 28 heavy (non-hydrogen) atoms. The van der Waals surface area contributed by atoms with Crippen molar-refractivity contribution in [3.8, 4) is 0 Å². The van der Waals surface area contributed by atoms with Gasteiger partial charge in [0.05, 0.1) is 5.75 Å². The van der Waals surface area contributed by atoms with E-state index in [2.05, 4.69) is 35.2 Å². The summed E-state index contributed by atoms with van der Waals surface area (Å²) in [6.07, 6.45) is 4.21. The van der Waals surface area contributed by atoms with E-state index in [1.54, 1.807) is 4.31 Å². The summed E-state index contributed by atoms with van der Waals surface area (Å²) in [6.45, 7) is 5.43. The van der Waals surface area contributed by atoms with Gasteiger partial charge in [-0.1, -0.05) is 60.2 Å². The third-order valence-corrected chi connectivity index (χ3v) is 8.25. The maximum Gasteiger partial charge on any atom is 0.218 e. The van der Waals surface area contributed by atoms with Gasteiger partial charge in [0.1, 0.15) is 0 Å². The van der Waals surface area contributed by atoms with Crippen LogP contribution in [0.25, 0.3) is 0 Å². The van der Waals surface area contributed by atoms with E-state index in [-0.39, 0.29) is 11.3 Å². The first-order chi connectivity index (χ1) is 13.5. The highest BCUT2D eigenvalue weighted by Crippen LogP contribution is 2.41. The Balaban J connectivity index is 1.53. The molecule has 2 aliphatic heterocycles. The van der Waals surface area contributed by atoms with Crippen LogP contribution in [0.3, 0.4) is 0 Å². The molecule has 0 N–H and O–H groups in total. The smallest absolute Gasteiger partial charge is 0.218 e. The summed E-state index contributed by atoms with van der Waals surface area (Å²) in [5, 5.41) is 0. The molecule has 4 nitrogen and oxygen atoms in total. The Morgan fingerprint density at radius 2 is 1.57 bits per heavy atom. The first-order valence-electron chi connectivity index (χ1n) is 10.3. The maximum absolute atomic E-state index is 13.0. The van der Waals surface area contributed by atoms with E-state index >= 15 is 0 Å². The van der Waals surface area contributed by atoms with Gasteiger partial charge in [0.25, 0.3) is 0 Å². The molecule has 2 heterocycles. The van der Waals surface area contributed by atoms with Gasteiger partial charge in [-0.2, -0.15) is 0 Å². The molecular weight excluding hydrogens is 368 g/mol. The molecule has 0 spiro atoms. The van der Waals surface area contributed by atoms with Crippen LogP contribution < -0.4 is 0 Å². The predicted octanol–water partition coefficient (Wildman–Crippen LogP) is 3.91. The van der Waals surface area contributed by atoms with Crippen LogP contribution in [-0.2, 0) is 21.3 Å². The number of rotatable bonds is 5. The Kier molecular flexibility index (Phi) is 5.59. The van der Waals surface area contributed by atoms with E-state index in [1.165, 1.54) is 18.4 Å². The standard InChI is InChI=1S/C23H30N2O2S/c1-20-8-7-9-21(18-20)19-28(26,27)25-16-12-23(13-17-25,24-14-5-6-15-24)22-10-3-2-4-11-22/h2-4,7-11,18H,5-6,12-17,19H2,1H3. The molecule has 0 aromatic heterocycles. The molecule has 2 aromatic rings. The summed E-state index contributed by atoms with van der Waals surface area (Å²) >= 11 is 0. The van der Waals surface area contributed by atoms with Gasteiger partial charge < -0.3 is 0 Å². The van der Waals surface area contributed by atoms with Crippen molar-refractivity contribution in [1.29, 1.82) is 0 Å². The first-order valence-corrected chi connectivity index (χ1v) is 11.9. The molecule has 2 aromatic carbocycles. The highest BCUT2D eigenvalue weighted by Gasteiger charge is 2.44. The zero-order chi connectivity index (χ0) is 19.6. The molecule has 2 saturated heterocycles. The molecule has 0 unspecified atom stereocenters. The second-order valence-electron chi connectivity index (χ2n) is 8.24. The lowest BCUT2D eigenvalue weighted by Gasteiger charge is -2.47. The average Bonchev–Trinajstić information content (AvgIpc) is 3.24. The van der Waals surface area contributed by atoms with Crippen LogP contribution in [-0.4, -0.2) is 43.8 Å². The van der Waals surface area contributed by atoms with Crippen molar-refractivity contribution >= 4 is 10.0 Å². The molecule has 0 amide bonds. The summed E-state index contributed by atoms with van der Waals surface area (Å²) in [7, 11) is -3.29. The zero-order valence-corrected chi connectivity index (χ0v) is 17.5. The topological polar surface area (TPSA) is 40.6 Å². The third kappa shape index (κ3) is 3.88. The summed E-state index contributed by atoms with van der Waals surface area (Å²) in [4.78, 5) is 2.60. The van der Waals surface area contributed by atoms with Crippen molar-refractivity contribution in [2.24, 2.45) is 0 Å². The van der Waals surface area contributed by atoms with Crippen LogP contribution in [0.4, 0.5) is 0 Å². The lowest BCUT2D eigenvalue weighted by molar-refractivity contribution is 0.0572. The highest BCUT2D eigenvalue weighted by molar-refractivity contribution is 7.88. The van der Waals surface area contributed by atoms with Crippen LogP contribution in [0.1, 0.15) is 42.4 Å². The number of hydrogen-bond donors (Lipinski definition) is 0. The number of likely N-dealkylation sites (tertiary alicyclic amines) is 1. The molecule has 5 heteroatoms. The summed E-state index contributed by atoms with van der Waals surface area (Å²) in [5.74, 6) is 0.0940. The van der Waals surface area contributed by atoms with E-state index in [0.29, 0.717) is 13.1 Å². The second-order valence-corrected chi connectivity index (χ2v) is 10.2. The van der Waals surface area contributed by atoms with Gasteiger partial charge in [-0.15, -0.1) is 0 Å². The minimum absolute atomic E-state index is 0.0207. The van der Waals surface area contributed by atoms with E-state index in [1.807, 2.05) is 31.2 Å². The predicted molar refractivity (Wildman–Crippen MR) is 114 cm³/mol. The van der Waals surface area contributed by atoms with Crippen LogP contribution in [0.15, 0.2) is 54.6 Å². The van der Waals surface area contributed by atoms with Gasteiger partial charge in [-0.3, -0.25) is 4.90 Å². The average molecular weight is 399 g/mol. The fourth-order valence-electron chi connectivity index (χ4n) is 4.92. The van der Waals surface area contributed by atoms with Crippen molar-refractivity contribution in [3.63, 3.8) is 0 Å². The Labute approximate surface area is 169 Å². The van der Waals surface area contributed by atoms with Crippen molar-refractivity contribution in [1.82, 2.24) is 9.21 Å². The van der Waals surface area contributed by atoms with Crippen LogP contribution in [0, 0.1) is 6.92 Å². The van der Waals surface area contributed by atoms with E-state index in [0.717, 1.165) is 37.1 Å². The molecule has 0 saturated carbocycles. The number of hydrogen-bond acceptors (Lipinski definition) is 3. The van der Waals surface area contributed by atoms with Crippen molar-refractivity contribution in [3.05, 3.63) is 71.3 Å². The minimum Gasteiger partial charge on any atom is -0.293 e. The Bertz CT molecular complexity index is 897. The van der Waals surface area contributed by atoms with Crippen molar-refractivity contribution in [2.75, 3.05) is 26.2 Å². The van der Waals surface area contributed by atoms with Crippen LogP contribution in [0.2, 0.25) is 0 Å².